The number of ether oxygens (including phenoxy) is 7. The molecule has 8 aliphatic rings. The van der Waals surface area contributed by atoms with Crippen LogP contribution in [-0.2, 0) is 33.2 Å². The first kappa shape index (κ1) is 47.4. The van der Waals surface area contributed by atoms with E-state index in [4.69, 9.17) is 33.2 Å². The Morgan fingerprint density at radius 2 is 1.39 bits per heavy atom. The van der Waals surface area contributed by atoms with E-state index in [1.807, 2.05) is 6.92 Å². The molecular formula is C44H72O18. The maximum absolute atomic E-state index is 11.7. The molecule has 18 heteroatoms. The summed E-state index contributed by atoms with van der Waals surface area (Å²) in [5.74, 6) is 3.09. The second-order valence-electron chi connectivity index (χ2n) is 20.6. The highest BCUT2D eigenvalue weighted by Crippen LogP contribution is 2.70. The first-order valence-corrected chi connectivity index (χ1v) is 23.0. The molecule has 4 aliphatic carbocycles. The molecule has 0 amide bonds. The van der Waals surface area contributed by atoms with Crippen molar-refractivity contribution in [3.05, 3.63) is 11.3 Å². The van der Waals surface area contributed by atoms with Crippen LogP contribution in [0.4, 0.5) is 0 Å². The van der Waals surface area contributed by atoms with Crippen LogP contribution in [0.15, 0.2) is 11.3 Å². The van der Waals surface area contributed by atoms with Crippen LogP contribution in [-0.4, -0.2) is 187 Å². The fraction of sp³-hybridized carbons (Fsp3) is 0.955. The lowest BCUT2D eigenvalue weighted by molar-refractivity contribution is -0.336. The Morgan fingerprint density at radius 3 is 2.11 bits per heavy atom. The average molecular weight is 889 g/mol. The van der Waals surface area contributed by atoms with Gasteiger partial charge in [-0.3, -0.25) is 0 Å². The Bertz CT molecular complexity index is 1570. The zero-order valence-corrected chi connectivity index (χ0v) is 36.2. The van der Waals surface area contributed by atoms with E-state index in [9.17, 15) is 56.2 Å². The number of aliphatic hydroxyl groups excluding tert-OH is 11. The van der Waals surface area contributed by atoms with Crippen molar-refractivity contribution in [1.82, 2.24) is 0 Å². The van der Waals surface area contributed by atoms with Gasteiger partial charge in [-0.25, -0.2) is 0 Å². The number of fused-ring (bicyclic) bond motifs is 7. The summed E-state index contributed by atoms with van der Waals surface area (Å²) in [5, 5.41) is 114. The van der Waals surface area contributed by atoms with E-state index in [0.29, 0.717) is 36.5 Å². The van der Waals surface area contributed by atoms with Gasteiger partial charge in [0.2, 0.25) is 0 Å². The standard InChI is InChI=1S/C44H72O18/c1-18(15-56-41-38(54)35(51)33(49)29(14-45)61-41)5-8-26-19(2)31-28(59-26)12-23-21-7-6-20-11-27(24(46)13-44(20,4)22(21)9-10-43(23,31)3)60-42-39(55)36(52)34(50)30(62-42)17-58-40-37(53)32(48)25(47)16-57-40/h18,20-25,27-42,45-55H,5-17H2,1-4H3/t18-,20+,21-,22+,23+,24-,25-,27-,28+,29-,30-,31+,32+,33-,34-,35+,36+,37-,38-,39-,40+,41-,42-,43+,44+/m1/s1. The Hall–Kier alpha value is -1.14. The van der Waals surface area contributed by atoms with Gasteiger partial charge in [0.05, 0.1) is 44.4 Å². The van der Waals surface area contributed by atoms with Crippen LogP contribution in [0.3, 0.4) is 0 Å². The van der Waals surface area contributed by atoms with Crippen molar-refractivity contribution in [3.8, 4) is 0 Å². The second kappa shape index (κ2) is 18.5. The smallest absolute Gasteiger partial charge is 0.187 e. The van der Waals surface area contributed by atoms with Gasteiger partial charge in [0.25, 0.3) is 0 Å². The molecule has 0 bridgehead atoms. The van der Waals surface area contributed by atoms with E-state index < -0.39 is 105 Å². The molecule has 25 atom stereocenters. The van der Waals surface area contributed by atoms with Gasteiger partial charge in [0, 0.05) is 12.3 Å². The number of rotatable bonds is 12. The summed E-state index contributed by atoms with van der Waals surface area (Å²) in [6, 6.07) is 0. The van der Waals surface area contributed by atoms with Gasteiger partial charge in [-0.15, -0.1) is 0 Å². The number of allylic oxidation sites excluding steroid dienone is 1. The van der Waals surface area contributed by atoms with Crippen LogP contribution in [0.1, 0.15) is 85.5 Å². The van der Waals surface area contributed by atoms with Gasteiger partial charge >= 0.3 is 0 Å². The fourth-order valence-corrected chi connectivity index (χ4v) is 13.4. The molecular weight excluding hydrogens is 816 g/mol. The minimum atomic E-state index is -1.65. The lowest BCUT2D eigenvalue weighted by atomic mass is 9.44. The molecule has 4 aliphatic heterocycles. The third-order valence-electron chi connectivity index (χ3n) is 17.0. The Morgan fingerprint density at radius 1 is 0.710 bits per heavy atom. The van der Waals surface area contributed by atoms with Crippen molar-refractivity contribution in [2.75, 3.05) is 26.4 Å². The van der Waals surface area contributed by atoms with E-state index in [1.165, 1.54) is 5.57 Å². The third kappa shape index (κ3) is 8.43. The molecule has 3 saturated heterocycles. The molecule has 0 aromatic rings. The van der Waals surface area contributed by atoms with Crippen molar-refractivity contribution in [3.63, 3.8) is 0 Å². The van der Waals surface area contributed by atoms with Gasteiger partial charge < -0.3 is 89.3 Å². The Kier molecular flexibility index (Phi) is 14.1. The molecule has 4 saturated carbocycles. The van der Waals surface area contributed by atoms with Crippen LogP contribution in [0, 0.1) is 46.3 Å². The van der Waals surface area contributed by atoms with Crippen LogP contribution < -0.4 is 0 Å². The predicted octanol–water partition coefficient (Wildman–Crippen LogP) is -1.22. The van der Waals surface area contributed by atoms with E-state index in [0.717, 1.165) is 50.7 Å². The summed E-state index contributed by atoms with van der Waals surface area (Å²) in [6.45, 7) is 8.13. The highest BCUT2D eigenvalue weighted by molar-refractivity contribution is 5.27. The minimum Gasteiger partial charge on any atom is -0.494 e. The van der Waals surface area contributed by atoms with Gasteiger partial charge in [-0.05, 0) is 104 Å². The number of hydrogen-bond acceptors (Lipinski definition) is 18. The van der Waals surface area contributed by atoms with Crippen LogP contribution >= 0.6 is 0 Å². The van der Waals surface area contributed by atoms with Crippen LogP contribution in [0.25, 0.3) is 0 Å². The predicted molar refractivity (Wildman–Crippen MR) is 213 cm³/mol. The maximum atomic E-state index is 11.7. The Labute approximate surface area is 362 Å². The first-order valence-electron chi connectivity index (χ1n) is 23.0. The molecule has 356 valence electrons. The topological polar surface area (TPSA) is 287 Å². The summed E-state index contributed by atoms with van der Waals surface area (Å²) < 4.78 is 41.1. The SMILES string of the molecule is CC1=C(CC[C@@H](C)CO[C@@H]2O[C@H](CO)[C@@H](O)[C@H](O)[C@H]2O)O[C@H]2C[C@H]3[C@@H]4CC[C@H]5C[C@@H](O[C@@H]6O[C@H](CO[C@@H]7OC[C@@H](O)[C@H](O)[C@H]7O)[C@@H](O)[C@H](O)[C@H]6O)[C@H](O)C[C@]5(C)[C@H]4CC[C@]3(C)[C@@H]12. The molecule has 8 rings (SSSR count). The number of aliphatic hydroxyl groups is 11. The van der Waals surface area contributed by atoms with Crippen LogP contribution in [0.2, 0.25) is 0 Å². The summed E-state index contributed by atoms with van der Waals surface area (Å²) in [6.07, 6.45) is -13.3. The van der Waals surface area contributed by atoms with Gasteiger partial charge in [-0.2, -0.15) is 0 Å². The summed E-state index contributed by atoms with van der Waals surface area (Å²) >= 11 is 0. The Balaban J connectivity index is 0.850. The highest BCUT2D eigenvalue weighted by atomic mass is 16.7. The monoisotopic (exact) mass is 888 g/mol. The summed E-state index contributed by atoms with van der Waals surface area (Å²) in [4.78, 5) is 0. The van der Waals surface area contributed by atoms with E-state index in [-0.39, 0.29) is 48.6 Å². The molecule has 11 N–H and O–H groups in total. The first-order chi connectivity index (χ1) is 29.4. The molecule has 4 heterocycles. The van der Waals surface area contributed by atoms with Gasteiger partial charge in [-0.1, -0.05) is 20.8 Å². The number of hydrogen-bond donors (Lipinski definition) is 11. The van der Waals surface area contributed by atoms with Gasteiger partial charge in [0.15, 0.2) is 18.9 Å². The normalized spacial score (nSPS) is 53.3. The maximum Gasteiger partial charge on any atom is 0.187 e. The van der Waals surface area contributed by atoms with Crippen molar-refractivity contribution >= 4 is 0 Å². The zero-order valence-electron chi connectivity index (χ0n) is 36.2. The van der Waals surface area contributed by atoms with Crippen molar-refractivity contribution in [2.24, 2.45) is 46.3 Å². The quantitative estimate of drug-likeness (QED) is 0.102. The lowest BCUT2D eigenvalue weighted by Gasteiger charge is -2.61. The van der Waals surface area contributed by atoms with Gasteiger partial charge in [0.1, 0.15) is 73.2 Å². The average Bonchev–Trinajstić information content (AvgIpc) is 3.73. The van der Waals surface area contributed by atoms with Crippen LogP contribution in [0.5, 0.6) is 0 Å². The van der Waals surface area contributed by atoms with Crippen molar-refractivity contribution in [1.29, 1.82) is 0 Å². The third-order valence-corrected chi connectivity index (χ3v) is 17.0. The summed E-state index contributed by atoms with van der Waals surface area (Å²) in [7, 11) is 0. The van der Waals surface area contributed by atoms with Crippen molar-refractivity contribution in [2.45, 2.75) is 190 Å². The highest BCUT2D eigenvalue weighted by Gasteiger charge is 2.65. The summed E-state index contributed by atoms with van der Waals surface area (Å²) in [5.41, 5.74) is 1.27. The van der Waals surface area contributed by atoms with E-state index in [2.05, 4.69) is 20.8 Å². The molecule has 18 nitrogen and oxygen atoms in total. The molecule has 0 aromatic carbocycles. The molecule has 0 aromatic heterocycles. The zero-order chi connectivity index (χ0) is 44.6. The largest absolute Gasteiger partial charge is 0.494 e. The molecule has 0 spiro atoms. The molecule has 62 heavy (non-hydrogen) atoms. The lowest BCUT2D eigenvalue weighted by Crippen LogP contribution is -2.62. The fourth-order valence-electron chi connectivity index (χ4n) is 13.4. The van der Waals surface area contributed by atoms with Crippen molar-refractivity contribution < 1.29 is 89.3 Å². The molecule has 0 radical (unpaired) electrons. The second-order valence-corrected chi connectivity index (χ2v) is 20.6. The minimum absolute atomic E-state index is 0.0831. The molecule has 7 fully saturated rings. The van der Waals surface area contributed by atoms with E-state index in [1.54, 1.807) is 0 Å². The molecule has 0 unspecified atom stereocenters. The van der Waals surface area contributed by atoms with E-state index >= 15 is 0 Å².